The van der Waals surface area contributed by atoms with Crippen LogP contribution in [0.1, 0.15) is 41.7 Å². The zero-order valence-electron chi connectivity index (χ0n) is 29.4. The van der Waals surface area contributed by atoms with Crippen LogP contribution >= 0.6 is 0 Å². The van der Waals surface area contributed by atoms with Gasteiger partial charge < -0.3 is 14.4 Å². The smallest absolute Gasteiger partial charge is 0.120 e. The third kappa shape index (κ3) is 8.43. The standard InChI is InChI=1S/C25H18NO.C22H22N.Ir/c1-17-16-26-23(15-20(17)13-18-7-3-2-4-8-18)19-11-12-25-22(14-19)21-9-5-6-10-24(21)27-25;1-16(2)13-20-14-22(19-11-9-17(3)10-12-19)23-15-21(20)18-7-5-4-6-8-18;/h2-10,12,14-16H,13H2,1H3;4-11,14-16H,13H2,1-3H3;/q2*-1;. The molecule has 0 saturated heterocycles. The molecule has 0 fully saturated rings. The van der Waals surface area contributed by atoms with Crippen molar-refractivity contribution in [3.8, 4) is 33.6 Å². The van der Waals surface area contributed by atoms with Gasteiger partial charge in [0.05, 0.1) is 5.58 Å². The molecule has 5 aromatic carbocycles. The Bertz CT molecular complexity index is 2360. The number of hydrogen-bond donors (Lipinski definition) is 0. The van der Waals surface area contributed by atoms with Gasteiger partial charge in [-0.15, -0.1) is 59.2 Å². The number of pyridine rings is 2. The summed E-state index contributed by atoms with van der Waals surface area (Å²) in [6.45, 7) is 8.71. The molecule has 8 aromatic rings. The summed E-state index contributed by atoms with van der Waals surface area (Å²) >= 11 is 0. The van der Waals surface area contributed by atoms with Gasteiger partial charge in [-0.1, -0.05) is 117 Å². The predicted molar refractivity (Wildman–Crippen MR) is 207 cm³/mol. The van der Waals surface area contributed by atoms with Crippen molar-refractivity contribution in [1.29, 1.82) is 0 Å². The largest absolute Gasteiger partial charge is 0.500 e. The summed E-state index contributed by atoms with van der Waals surface area (Å²) in [6.07, 6.45) is 5.92. The maximum atomic E-state index is 5.91. The van der Waals surface area contributed by atoms with Gasteiger partial charge in [-0.3, -0.25) is 0 Å². The SMILES string of the molecule is Cc1c[c-]c(-c2cc(CC(C)C)c(-c3ccccc3)cn2)cc1.Cc1cnc(-c2[c-]cc3oc4ccccc4c3c2)cc1Cc1ccccc1.[Ir]. The van der Waals surface area contributed by atoms with E-state index in [-0.39, 0.29) is 20.1 Å². The third-order valence-corrected chi connectivity index (χ3v) is 8.98. The van der Waals surface area contributed by atoms with E-state index in [1.807, 2.05) is 48.8 Å². The summed E-state index contributed by atoms with van der Waals surface area (Å²) in [5.41, 5.74) is 14.6. The van der Waals surface area contributed by atoms with Crippen molar-refractivity contribution in [2.75, 3.05) is 0 Å². The van der Waals surface area contributed by atoms with Gasteiger partial charge >= 0.3 is 0 Å². The maximum Gasteiger partial charge on any atom is 0.120 e. The molecule has 3 nitrogen and oxygen atoms in total. The normalized spacial score (nSPS) is 10.9. The fourth-order valence-corrected chi connectivity index (χ4v) is 6.33. The van der Waals surface area contributed by atoms with Gasteiger partial charge in [0.15, 0.2) is 0 Å². The molecule has 0 amide bonds. The summed E-state index contributed by atoms with van der Waals surface area (Å²) in [7, 11) is 0. The van der Waals surface area contributed by atoms with Gasteiger partial charge in [0.25, 0.3) is 0 Å². The van der Waals surface area contributed by atoms with Crippen molar-refractivity contribution in [1.82, 2.24) is 9.97 Å². The number of hydrogen-bond acceptors (Lipinski definition) is 3. The monoisotopic (exact) mass is 841 g/mol. The molecule has 0 N–H and O–H groups in total. The minimum absolute atomic E-state index is 0. The summed E-state index contributed by atoms with van der Waals surface area (Å²) in [6, 6.07) is 50.5. The molecule has 0 aliphatic carbocycles. The van der Waals surface area contributed by atoms with Crippen LogP contribution in [-0.4, -0.2) is 9.97 Å². The first-order chi connectivity index (χ1) is 24.4. The predicted octanol–water partition coefficient (Wildman–Crippen LogP) is 12.1. The first kappa shape index (κ1) is 35.7. The number of rotatable bonds is 7. The summed E-state index contributed by atoms with van der Waals surface area (Å²) in [5, 5.41) is 2.23. The maximum absolute atomic E-state index is 5.91. The fourth-order valence-electron chi connectivity index (χ4n) is 6.33. The van der Waals surface area contributed by atoms with E-state index in [1.54, 1.807) is 0 Å². The molecule has 0 aliphatic heterocycles. The van der Waals surface area contributed by atoms with Crippen LogP contribution in [0.3, 0.4) is 0 Å². The molecule has 255 valence electrons. The van der Waals surface area contributed by atoms with Gasteiger partial charge in [0, 0.05) is 43.4 Å². The Morgan fingerprint density at radius 3 is 2.04 bits per heavy atom. The zero-order valence-corrected chi connectivity index (χ0v) is 31.8. The van der Waals surface area contributed by atoms with Crippen molar-refractivity contribution in [3.63, 3.8) is 0 Å². The van der Waals surface area contributed by atoms with Gasteiger partial charge in [-0.2, -0.15) is 0 Å². The molecular weight excluding hydrogens is 801 g/mol. The molecule has 0 unspecified atom stereocenters. The van der Waals surface area contributed by atoms with Gasteiger partial charge in [0.2, 0.25) is 0 Å². The number of aryl methyl sites for hydroxylation is 2. The molecule has 3 aromatic heterocycles. The van der Waals surface area contributed by atoms with Gasteiger partial charge in [0.1, 0.15) is 5.58 Å². The average molecular weight is 841 g/mol. The number of para-hydroxylation sites is 1. The van der Waals surface area contributed by atoms with E-state index in [4.69, 9.17) is 9.40 Å². The number of benzene rings is 5. The van der Waals surface area contributed by atoms with E-state index < -0.39 is 0 Å². The van der Waals surface area contributed by atoms with E-state index in [1.165, 1.54) is 38.9 Å². The molecule has 51 heavy (non-hydrogen) atoms. The van der Waals surface area contributed by atoms with Crippen LogP contribution < -0.4 is 0 Å². The van der Waals surface area contributed by atoms with E-state index in [0.717, 1.165) is 57.3 Å². The molecule has 0 saturated carbocycles. The van der Waals surface area contributed by atoms with Crippen LogP contribution in [0.15, 0.2) is 144 Å². The number of fused-ring (bicyclic) bond motifs is 3. The summed E-state index contributed by atoms with van der Waals surface area (Å²) in [5.74, 6) is 0.606. The summed E-state index contributed by atoms with van der Waals surface area (Å²) in [4.78, 5) is 9.35. The van der Waals surface area contributed by atoms with Crippen molar-refractivity contribution >= 4 is 21.9 Å². The van der Waals surface area contributed by atoms with Gasteiger partial charge in [-0.25, -0.2) is 0 Å². The molecule has 0 spiro atoms. The van der Waals surface area contributed by atoms with Crippen LogP contribution in [0.5, 0.6) is 0 Å². The molecule has 0 aliphatic rings. The average Bonchev–Trinajstić information content (AvgIpc) is 3.52. The van der Waals surface area contributed by atoms with Crippen molar-refractivity contribution < 1.29 is 24.5 Å². The quantitative estimate of drug-likeness (QED) is 0.150. The molecule has 0 bridgehead atoms. The topological polar surface area (TPSA) is 38.9 Å². The fraction of sp³-hybridized carbons (Fsp3) is 0.149. The van der Waals surface area contributed by atoms with Crippen molar-refractivity contribution in [2.45, 2.75) is 40.5 Å². The first-order valence-electron chi connectivity index (χ1n) is 17.3. The van der Waals surface area contributed by atoms with Crippen LogP contribution in [0, 0.1) is 31.9 Å². The first-order valence-corrected chi connectivity index (χ1v) is 17.3. The van der Waals surface area contributed by atoms with E-state index in [9.17, 15) is 0 Å². The Morgan fingerprint density at radius 2 is 1.29 bits per heavy atom. The van der Waals surface area contributed by atoms with Crippen LogP contribution in [-0.2, 0) is 32.9 Å². The van der Waals surface area contributed by atoms with E-state index >= 15 is 0 Å². The molecule has 8 rings (SSSR count). The third-order valence-electron chi connectivity index (χ3n) is 8.98. The van der Waals surface area contributed by atoms with Crippen LogP contribution in [0.4, 0.5) is 0 Å². The Labute approximate surface area is 314 Å². The Hall–Kier alpha value is -5.15. The van der Waals surface area contributed by atoms with E-state index in [2.05, 4.69) is 136 Å². The number of nitrogens with zero attached hydrogens (tertiary/aromatic N) is 2. The minimum Gasteiger partial charge on any atom is -0.500 e. The van der Waals surface area contributed by atoms with Crippen LogP contribution in [0.2, 0.25) is 0 Å². The minimum atomic E-state index is 0. The molecule has 0 atom stereocenters. The Kier molecular flexibility index (Phi) is 11.4. The summed E-state index contributed by atoms with van der Waals surface area (Å²) < 4.78 is 5.91. The zero-order chi connectivity index (χ0) is 34.5. The van der Waals surface area contributed by atoms with E-state index in [0.29, 0.717) is 5.92 Å². The number of aromatic nitrogens is 2. The molecular formula is C47H40IrN2O-2. The van der Waals surface area contributed by atoms with Crippen molar-refractivity contribution in [3.05, 3.63) is 180 Å². The second kappa shape index (κ2) is 16.2. The Balaban J connectivity index is 0.000000175. The van der Waals surface area contributed by atoms with Crippen LogP contribution in [0.25, 0.3) is 55.6 Å². The Morgan fingerprint density at radius 1 is 0.627 bits per heavy atom. The number of furan rings is 1. The molecule has 1 radical (unpaired) electrons. The second-order valence-corrected chi connectivity index (χ2v) is 13.4. The van der Waals surface area contributed by atoms with Gasteiger partial charge in [-0.05, 0) is 71.0 Å². The van der Waals surface area contributed by atoms with Crippen molar-refractivity contribution in [2.24, 2.45) is 5.92 Å². The second-order valence-electron chi connectivity index (χ2n) is 13.4. The molecule has 4 heteroatoms. The molecule has 3 heterocycles.